The molecule has 1 aromatic carbocycles. The number of methoxy groups -OCH3 is 1. The van der Waals surface area contributed by atoms with Crippen LogP contribution >= 0.6 is 0 Å². The number of benzene rings is 1. The summed E-state index contributed by atoms with van der Waals surface area (Å²) >= 11 is 0. The Kier molecular flexibility index (Phi) is 2.94. The second-order valence-corrected chi connectivity index (χ2v) is 5.44. The van der Waals surface area contributed by atoms with Crippen molar-refractivity contribution >= 4 is 0 Å². The summed E-state index contributed by atoms with van der Waals surface area (Å²) in [5.41, 5.74) is 3.02. The summed E-state index contributed by atoms with van der Waals surface area (Å²) in [6, 6.07) is 6.99. The molecule has 2 rings (SSSR count). The van der Waals surface area contributed by atoms with Gasteiger partial charge in [-0.05, 0) is 24.8 Å². The predicted molar refractivity (Wildman–Crippen MR) is 66.8 cm³/mol. The number of nitrogens with one attached hydrogen (secondary N) is 1. The number of hydrogen-bond acceptors (Lipinski definition) is 2. The van der Waals surface area contributed by atoms with E-state index >= 15 is 0 Å². The van der Waals surface area contributed by atoms with Crippen LogP contribution in [0.3, 0.4) is 0 Å². The van der Waals surface area contributed by atoms with E-state index in [0.29, 0.717) is 11.5 Å². The van der Waals surface area contributed by atoms with Crippen LogP contribution in [0.15, 0.2) is 18.2 Å². The molecule has 0 radical (unpaired) electrons. The van der Waals surface area contributed by atoms with Crippen molar-refractivity contribution in [1.82, 2.24) is 5.32 Å². The molecule has 0 saturated heterocycles. The quantitative estimate of drug-likeness (QED) is 0.840. The van der Waals surface area contributed by atoms with Crippen molar-refractivity contribution in [3.63, 3.8) is 0 Å². The van der Waals surface area contributed by atoms with Crippen LogP contribution in [0, 0.1) is 12.3 Å². The number of hydrogen-bond donors (Lipinski definition) is 1. The summed E-state index contributed by atoms with van der Waals surface area (Å²) in [4.78, 5) is 0. The average molecular weight is 219 g/mol. The summed E-state index contributed by atoms with van der Waals surface area (Å²) in [5.74, 6) is 0.983. The minimum atomic E-state index is 0.483. The third-order valence-electron chi connectivity index (χ3n) is 3.49. The van der Waals surface area contributed by atoms with Crippen LogP contribution in [0.4, 0.5) is 0 Å². The van der Waals surface area contributed by atoms with Gasteiger partial charge in [-0.1, -0.05) is 31.5 Å². The molecule has 1 aromatic rings. The molecule has 1 aliphatic carbocycles. The van der Waals surface area contributed by atoms with E-state index < -0.39 is 0 Å². The van der Waals surface area contributed by atoms with E-state index in [1.165, 1.54) is 17.5 Å². The highest BCUT2D eigenvalue weighted by atomic mass is 16.5. The first kappa shape index (κ1) is 11.5. The lowest BCUT2D eigenvalue weighted by Gasteiger charge is -2.11. The zero-order chi connectivity index (χ0) is 11.8. The molecule has 0 bridgehead atoms. The van der Waals surface area contributed by atoms with E-state index in [0.717, 1.165) is 12.3 Å². The Bertz CT molecular complexity index is 384. The fraction of sp³-hybridized carbons (Fsp3) is 0.571. The highest BCUT2D eigenvalue weighted by Gasteiger charge is 2.45. The van der Waals surface area contributed by atoms with Crippen molar-refractivity contribution < 1.29 is 4.74 Å². The van der Waals surface area contributed by atoms with Gasteiger partial charge in [0.05, 0.1) is 7.11 Å². The van der Waals surface area contributed by atoms with Gasteiger partial charge in [-0.2, -0.15) is 0 Å². The third kappa shape index (κ3) is 2.38. The van der Waals surface area contributed by atoms with Gasteiger partial charge in [0.15, 0.2) is 0 Å². The van der Waals surface area contributed by atoms with Crippen LogP contribution < -0.4 is 10.1 Å². The first-order valence-corrected chi connectivity index (χ1v) is 5.90. The van der Waals surface area contributed by atoms with Crippen LogP contribution in [-0.4, -0.2) is 13.2 Å². The van der Waals surface area contributed by atoms with Crippen molar-refractivity contribution in [1.29, 1.82) is 0 Å². The normalized spacial score (nSPS) is 21.9. The molecule has 88 valence electrons. The Morgan fingerprint density at radius 2 is 2.12 bits per heavy atom. The lowest BCUT2D eigenvalue weighted by Crippen LogP contribution is -2.20. The topological polar surface area (TPSA) is 21.3 Å². The molecular formula is C14H21NO. The van der Waals surface area contributed by atoms with Crippen molar-refractivity contribution in [3.05, 3.63) is 29.3 Å². The second-order valence-electron chi connectivity index (χ2n) is 5.44. The molecule has 1 saturated carbocycles. The van der Waals surface area contributed by atoms with Gasteiger partial charge in [0, 0.05) is 18.2 Å². The maximum Gasteiger partial charge on any atom is 0.123 e. The van der Waals surface area contributed by atoms with Gasteiger partial charge in [0.25, 0.3) is 0 Å². The Morgan fingerprint density at radius 1 is 1.44 bits per heavy atom. The molecule has 1 unspecified atom stereocenters. The zero-order valence-electron chi connectivity index (χ0n) is 10.6. The molecule has 0 aliphatic heterocycles. The maximum absolute atomic E-state index is 5.36. The van der Waals surface area contributed by atoms with Crippen LogP contribution in [-0.2, 0) is 6.54 Å². The molecular weight excluding hydrogens is 198 g/mol. The molecule has 1 fully saturated rings. The largest absolute Gasteiger partial charge is 0.496 e. The van der Waals surface area contributed by atoms with E-state index in [9.17, 15) is 0 Å². The van der Waals surface area contributed by atoms with Gasteiger partial charge < -0.3 is 10.1 Å². The predicted octanol–water partition coefficient (Wildman–Crippen LogP) is 2.89. The summed E-state index contributed by atoms with van der Waals surface area (Å²) in [7, 11) is 1.73. The smallest absolute Gasteiger partial charge is 0.123 e. The summed E-state index contributed by atoms with van der Waals surface area (Å²) < 4.78 is 5.36. The summed E-state index contributed by atoms with van der Waals surface area (Å²) in [5, 5.41) is 3.59. The first-order chi connectivity index (χ1) is 7.53. The van der Waals surface area contributed by atoms with Gasteiger partial charge >= 0.3 is 0 Å². The van der Waals surface area contributed by atoms with Gasteiger partial charge in [-0.25, -0.2) is 0 Å². The summed E-state index contributed by atoms with van der Waals surface area (Å²) in [6.45, 7) is 7.62. The van der Waals surface area contributed by atoms with Crippen LogP contribution in [0.1, 0.15) is 31.4 Å². The van der Waals surface area contributed by atoms with Crippen LogP contribution in [0.2, 0.25) is 0 Å². The number of ether oxygens (including phenoxy) is 1. The van der Waals surface area contributed by atoms with Crippen molar-refractivity contribution in [2.24, 2.45) is 5.41 Å². The molecule has 0 heterocycles. The Hall–Kier alpha value is -1.02. The lowest BCUT2D eigenvalue weighted by molar-refractivity contribution is 0.406. The minimum absolute atomic E-state index is 0.483. The molecule has 16 heavy (non-hydrogen) atoms. The summed E-state index contributed by atoms with van der Waals surface area (Å²) in [6.07, 6.45) is 1.28. The van der Waals surface area contributed by atoms with E-state index in [1.54, 1.807) is 7.11 Å². The fourth-order valence-corrected chi connectivity index (χ4v) is 2.09. The molecule has 1 N–H and O–H groups in total. The molecule has 1 aliphatic rings. The van der Waals surface area contributed by atoms with Crippen LogP contribution in [0.25, 0.3) is 0 Å². The minimum Gasteiger partial charge on any atom is -0.496 e. The van der Waals surface area contributed by atoms with Crippen molar-refractivity contribution in [3.8, 4) is 5.75 Å². The maximum atomic E-state index is 5.36. The Morgan fingerprint density at radius 3 is 2.69 bits per heavy atom. The van der Waals surface area contributed by atoms with E-state index in [-0.39, 0.29) is 0 Å². The fourth-order valence-electron chi connectivity index (χ4n) is 2.09. The molecule has 2 nitrogen and oxygen atoms in total. The number of aryl methyl sites for hydroxylation is 1. The van der Waals surface area contributed by atoms with E-state index in [4.69, 9.17) is 4.74 Å². The average Bonchev–Trinajstić information content (AvgIpc) is 2.84. The Labute approximate surface area is 98.0 Å². The molecule has 2 heteroatoms. The zero-order valence-corrected chi connectivity index (χ0v) is 10.6. The SMILES string of the molecule is COc1ccc(C)cc1CNC1CC1(C)C. The van der Waals surface area contributed by atoms with Gasteiger partial charge in [-0.15, -0.1) is 0 Å². The third-order valence-corrected chi connectivity index (χ3v) is 3.49. The highest BCUT2D eigenvalue weighted by molar-refractivity contribution is 5.36. The van der Waals surface area contributed by atoms with Crippen molar-refractivity contribution in [2.45, 2.75) is 39.8 Å². The molecule has 0 amide bonds. The highest BCUT2D eigenvalue weighted by Crippen LogP contribution is 2.44. The first-order valence-electron chi connectivity index (χ1n) is 5.90. The number of rotatable bonds is 4. The van der Waals surface area contributed by atoms with Crippen LogP contribution in [0.5, 0.6) is 5.75 Å². The van der Waals surface area contributed by atoms with Crippen molar-refractivity contribution in [2.75, 3.05) is 7.11 Å². The lowest BCUT2D eigenvalue weighted by atomic mass is 10.1. The molecule has 1 atom stereocenters. The monoisotopic (exact) mass is 219 g/mol. The van der Waals surface area contributed by atoms with E-state index in [1.807, 2.05) is 6.07 Å². The van der Waals surface area contributed by atoms with Gasteiger partial charge in [0.1, 0.15) is 5.75 Å². The molecule has 0 aromatic heterocycles. The van der Waals surface area contributed by atoms with Gasteiger partial charge in [-0.3, -0.25) is 0 Å². The molecule has 0 spiro atoms. The second kappa shape index (κ2) is 4.10. The van der Waals surface area contributed by atoms with E-state index in [2.05, 4.69) is 38.2 Å². The van der Waals surface area contributed by atoms with Gasteiger partial charge in [0.2, 0.25) is 0 Å². The standard InChI is InChI=1S/C14H21NO/c1-10-5-6-12(16-4)11(7-10)9-15-13-8-14(13,2)3/h5-7,13,15H,8-9H2,1-4H3. The Balaban J connectivity index is 2.00.